The van der Waals surface area contributed by atoms with Crippen molar-refractivity contribution >= 4 is 0 Å². The molecule has 0 aliphatic carbocycles. The topological polar surface area (TPSA) is 45.4 Å². The van der Waals surface area contributed by atoms with E-state index in [0.29, 0.717) is 6.54 Å². The SMILES string of the molecule is CCCN(CCN(C)C)Cc1cccc(CN)n1. The number of nitrogens with two attached hydrogens (primary N) is 1. The molecular formula is C14H26N4. The van der Waals surface area contributed by atoms with Gasteiger partial charge in [0, 0.05) is 26.2 Å². The molecular weight excluding hydrogens is 224 g/mol. The molecule has 0 saturated carbocycles. The van der Waals surface area contributed by atoms with E-state index in [4.69, 9.17) is 5.73 Å². The highest BCUT2D eigenvalue weighted by Gasteiger charge is 2.06. The van der Waals surface area contributed by atoms with Crippen molar-refractivity contribution in [3.05, 3.63) is 29.6 Å². The predicted octanol–water partition coefficient (Wildman–Crippen LogP) is 1.31. The van der Waals surface area contributed by atoms with Crippen molar-refractivity contribution in [2.24, 2.45) is 5.73 Å². The standard InChI is InChI=1S/C14H26N4/c1-4-8-18(10-9-17(2)3)12-14-7-5-6-13(11-15)16-14/h5-7H,4,8-12,15H2,1-3H3. The van der Waals surface area contributed by atoms with Crippen molar-refractivity contribution in [1.29, 1.82) is 0 Å². The molecule has 0 aliphatic rings. The molecule has 1 aromatic heterocycles. The van der Waals surface area contributed by atoms with Crippen LogP contribution in [0, 0.1) is 0 Å². The van der Waals surface area contributed by atoms with Gasteiger partial charge in [-0.3, -0.25) is 9.88 Å². The molecule has 0 atom stereocenters. The Bertz CT molecular complexity index is 338. The molecule has 0 fully saturated rings. The van der Waals surface area contributed by atoms with Crippen LogP contribution in [-0.4, -0.2) is 48.5 Å². The van der Waals surface area contributed by atoms with Crippen LogP contribution >= 0.6 is 0 Å². The lowest BCUT2D eigenvalue weighted by molar-refractivity contribution is 0.231. The van der Waals surface area contributed by atoms with Gasteiger partial charge in [-0.15, -0.1) is 0 Å². The molecule has 0 amide bonds. The summed E-state index contributed by atoms with van der Waals surface area (Å²) < 4.78 is 0. The molecule has 4 nitrogen and oxygen atoms in total. The number of hydrogen-bond donors (Lipinski definition) is 1. The highest BCUT2D eigenvalue weighted by Crippen LogP contribution is 2.04. The number of nitrogens with zero attached hydrogens (tertiary/aromatic N) is 3. The second-order valence-corrected chi connectivity index (χ2v) is 4.90. The molecule has 18 heavy (non-hydrogen) atoms. The number of aromatic nitrogens is 1. The average molecular weight is 250 g/mol. The minimum atomic E-state index is 0.513. The highest BCUT2D eigenvalue weighted by atomic mass is 15.2. The van der Waals surface area contributed by atoms with Crippen LogP contribution in [0.5, 0.6) is 0 Å². The number of hydrogen-bond acceptors (Lipinski definition) is 4. The number of likely N-dealkylation sites (N-methyl/N-ethyl adjacent to an activating group) is 1. The second-order valence-electron chi connectivity index (χ2n) is 4.90. The van der Waals surface area contributed by atoms with Gasteiger partial charge in [0.05, 0.1) is 11.4 Å². The summed E-state index contributed by atoms with van der Waals surface area (Å²) in [5.74, 6) is 0. The summed E-state index contributed by atoms with van der Waals surface area (Å²) >= 11 is 0. The molecule has 0 spiro atoms. The van der Waals surface area contributed by atoms with E-state index >= 15 is 0 Å². The lowest BCUT2D eigenvalue weighted by Crippen LogP contribution is -2.32. The Balaban J connectivity index is 2.57. The molecule has 0 unspecified atom stereocenters. The Morgan fingerprint density at radius 2 is 1.83 bits per heavy atom. The second kappa shape index (κ2) is 8.19. The maximum atomic E-state index is 5.62. The van der Waals surface area contributed by atoms with E-state index in [-0.39, 0.29) is 0 Å². The van der Waals surface area contributed by atoms with Crippen LogP contribution in [0.25, 0.3) is 0 Å². The summed E-state index contributed by atoms with van der Waals surface area (Å²) in [5, 5.41) is 0. The zero-order valence-electron chi connectivity index (χ0n) is 11.9. The van der Waals surface area contributed by atoms with Crippen molar-refractivity contribution in [3.8, 4) is 0 Å². The Morgan fingerprint density at radius 1 is 1.11 bits per heavy atom. The first-order valence-corrected chi connectivity index (χ1v) is 6.67. The lowest BCUT2D eigenvalue weighted by atomic mass is 10.2. The normalized spacial score (nSPS) is 11.4. The van der Waals surface area contributed by atoms with Crippen LogP contribution < -0.4 is 5.73 Å². The van der Waals surface area contributed by atoms with Crippen LogP contribution in [0.4, 0.5) is 0 Å². The van der Waals surface area contributed by atoms with Gasteiger partial charge in [-0.2, -0.15) is 0 Å². The third-order valence-electron chi connectivity index (χ3n) is 2.86. The summed E-state index contributed by atoms with van der Waals surface area (Å²) in [6.45, 7) is 6.91. The first-order chi connectivity index (χ1) is 8.65. The minimum Gasteiger partial charge on any atom is -0.325 e. The van der Waals surface area contributed by atoms with E-state index in [1.54, 1.807) is 0 Å². The summed E-state index contributed by atoms with van der Waals surface area (Å²) in [6, 6.07) is 6.10. The zero-order valence-corrected chi connectivity index (χ0v) is 11.9. The molecule has 102 valence electrons. The largest absolute Gasteiger partial charge is 0.325 e. The van der Waals surface area contributed by atoms with Gasteiger partial charge >= 0.3 is 0 Å². The van der Waals surface area contributed by atoms with Gasteiger partial charge in [0.1, 0.15) is 0 Å². The minimum absolute atomic E-state index is 0.513. The lowest BCUT2D eigenvalue weighted by Gasteiger charge is -2.23. The van der Waals surface area contributed by atoms with Crippen LogP contribution in [-0.2, 0) is 13.1 Å². The van der Waals surface area contributed by atoms with Gasteiger partial charge in [0.15, 0.2) is 0 Å². The van der Waals surface area contributed by atoms with Crippen molar-refractivity contribution < 1.29 is 0 Å². The Labute approximate surface area is 111 Å². The molecule has 0 aromatic carbocycles. The van der Waals surface area contributed by atoms with Gasteiger partial charge in [0.25, 0.3) is 0 Å². The first-order valence-electron chi connectivity index (χ1n) is 6.67. The molecule has 4 heteroatoms. The van der Waals surface area contributed by atoms with Crippen molar-refractivity contribution in [2.75, 3.05) is 33.7 Å². The van der Waals surface area contributed by atoms with Gasteiger partial charge in [-0.1, -0.05) is 13.0 Å². The van der Waals surface area contributed by atoms with Crippen molar-refractivity contribution in [1.82, 2.24) is 14.8 Å². The van der Waals surface area contributed by atoms with Crippen LogP contribution in [0.1, 0.15) is 24.7 Å². The molecule has 0 radical (unpaired) electrons. The van der Waals surface area contributed by atoms with E-state index in [1.165, 1.54) is 6.42 Å². The Hall–Kier alpha value is -0.970. The van der Waals surface area contributed by atoms with E-state index in [0.717, 1.165) is 37.6 Å². The fourth-order valence-electron chi connectivity index (χ4n) is 1.89. The number of pyridine rings is 1. The first kappa shape index (κ1) is 15.1. The molecule has 1 heterocycles. The van der Waals surface area contributed by atoms with Gasteiger partial charge in [-0.25, -0.2) is 0 Å². The van der Waals surface area contributed by atoms with Crippen LogP contribution in [0.3, 0.4) is 0 Å². The molecule has 1 rings (SSSR count). The van der Waals surface area contributed by atoms with E-state index in [2.05, 4.69) is 41.9 Å². The molecule has 0 aliphatic heterocycles. The van der Waals surface area contributed by atoms with E-state index in [1.807, 2.05) is 12.1 Å². The summed E-state index contributed by atoms with van der Waals surface area (Å²) in [6.07, 6.45) is 1.17. The summed E-state index contributed by atoms with van der Waals surface area (Å²) in [5.41, 5.74) is 7.71. The maximum absolute atomic E-state index is 5.62. The zero-order chi connectivity index (χ0) is 13.4. The van der Waals surface area contributed by atoms with Crippen LogP contribution in [0.2, 0.25) is 0 Å². The summed E-state index contributed by atoms with van der Waals surface area (Å²) in [4.78, 5) is 9.22. The number of rotatable bonds is 8. The Morgan fingerprint density at radius 3 is 2.44 bits per heavy atom. The molecule has 0 saturated heterocycles. The molecule has 0 bridgehead atoms. The van der Waals surface area contributed by atoms with Crippen molar-refractivity contribution in [3.63, 3.8) is 0 Å². The van der Waals surface area contributed by atoms with Crippen LogP contribution in [0.15, 0.2) is 18.2 Å². The fraction of sp³-hybridized carbons (Fsp3) is 0.643. The summed E-state index contributed by atoms with van der Waals surface area (Å²) in [7, 11) is 4.22. The third-order valence-corrected chi connectivity index (χ3v) is 2.86. The van der Waals surface area contributed by atoms with Gasteiger partial charge < -0.3 is 10.6 Å². The third kappa shape index (κ3) is 5.58. The molecule has 2 N–H and O–H groups in total. The van der Waals surface area contributed by atoms with E-state index < -0.39 is 0 Å². The predicted molar refractivity (Wildman–Crippen MR) is 76.3 cm³/mol. The quantitative estimate of drug-likeness (QED) is 0.756. The van der Waals surface area contributed by atoms with Crippen molar-refractivity contribution in [2.45, 2.75) is 26.4 Å². The smallest absolute Gasteiger partial charge is 0.0547 e. The monoisotopic (exact) mass is 250 g/mol. The van der Waals surface area contributed by atoms with Gasteiger partial charge in [0.2, 0.25) is 0 Å². The fourth-order valence-corrected chi connectivity index (χ4v) is 1.89. The van der Waals surface area contributed by atoms with Gasteiger partial charge in [-0.05, 0) is 39.2 Å². The molecule has 1 aromatic rings. The maximum Gasteiger partial charge on any atom is 0.0547 e. The highest BCUT2D eigenvalue weighted by molar-refractivity contribution is 5.11. The average Bonchev–Trinajstić information content (AvgIpc) is 2.36. The Kier molecular flexibility index (Phi) is 6.86. The van der Waals surface area contributed by atoms with E-state index in [9.17, 15) is 0 Å².